The van der Waals surface area contributed by atoms with Gasteiger partial charge in [0.2, 0.25) is 10.0 Å². The summed E-state index contributed by atoms with van der Waals surface area (Å²) in [5.41, 5.74) is 0. The summed E-state index contributed by atoms with van der Waals surface area (Å²) in [6.45, 7) is 5.49. The van der Waals surface area contributed by atoms with Gasteiger partial charge in [0.05, 0.1) is 6.26 Å². The molecule has 1 aliphatic heterocycles. The molecule has 5 nitrogen and oxygen atoms in total. The van der Waals surface area contributed by atoms with E-state index >= 15 is 0 Å². The van der Waals surface area contributed by atoms with Gasteiger partial charge in [0, 0.05) is 24.9 Å². The summed E-state index contributed by atoms with van der Waals surface area (Å²) in [6.07, 6.45) is 1.89. The molecule has 0 radical (unpaired) electrons. The Labute approximate surface area is 108 Å². The lowest BCUT2D eigenvalue weighted by Crippen LogP contribution is -2.31. The normalized spacial score (nSPS) is 23.3. The van der Waals surface area contributed by atoms with Crippen LogP contribution in [0.3, 0.4) is 0 Å². The van der Waals surface area contributed by atoms with E-state index in [-0.39, 0.29) is 0 Å². The molecule has 0 saturated carbocycles. The van der Waals surface area contributed by atoms with Crippen LogP contribution >= 0.6 is 11.8 Å². The van der Waals surface area contributed by atoms with E-state index in [0.29, 0.717) is 25.0 Å². The first kappa shape index (κ1) is 14.8. The number of thioether (sulfide) groups is 1. The average molecular weight is 279 g/mol. The Kier molecular flexibility index (Phi) is 5.75. The van der Waals surface area contributed by atoms with Gasteiger partial charge in [-0.25, -0.2) is 13.1 Å². The fraction of sp³-hybridized carbons (Fsp3) is 0.900. The zero-order chi connectivity index (χ0) is 12.9. The topological polar surface area (TPSA) is 70.6 Å². The fourth-order valence-electron chi connectivity index (χ4n) is 1.38. The zero-order valence-corrected chi connectivity index (χ0v) is 12.2. The van der Waals surface area contributed by atoms with E-state index in [1.165, 1.54) is 6.26 Å². The van der Waals surface area contributed by atoms with Gasteiger partial charge in [-0.2, -0.15) is 0 Å². The standard InChI is InChI=1S/C10H21N3O2S2/c1-8(2)9-7-16-10(13-9)11-5-4-6-12-17(3,14)15/h8-9,12H,4-7H2,1-3H3,(H,11,13). The summed E-state index contributed by atoms with van der Waals surface area (Å²) >= 11 is 1.74. The Morgan fingerprint density at radius 3 is 2.82 bits per heavy atom. The number of nitrogens with zero attached hydrogens (tertiary/aromatic N) is 1. The van der Waals surface area contributed by atoms with Crippen molar-refractivity contribution in [1.29, 1.82) is 0 Å². The van der Waals surface area contributed by atoms with Gasteiger partial charge < -0.3 is 5.32 Å². The molecule has 1 saturated heterocycles. The van der Waals surface area contributed by atoms with Gasteiger partial charge in [0.15, 0.2) is 5.17 Å². The van der Waals surface area contributed by atoms with Gasteiger partial charge in [-0.05, 0) is 12.3 Å². The maximum absolute atomic E-state index is 10.8. The Bertz CT molecular complexity index is 366. The van der Waals surface area contributed by atoms with E-state index in [9.17, 15) is 8.42 Å². The number of hydrogen-bond donors (Lipinski definition) is 2. The SMILES string of the molecule is CC(C)C1CSC(=NCCCNS(C)(=O)=O)N1. The van der Waals surface area contributed by atoms with Crippen molar-refractivity contribution >= 4 is 27.0 Å². The van der Waals surface area contributed by atoms with Crippen molar-refractivity contribution in [2.24, 2.45) is 10.9 Å². The van der Waals surface area contributed by atoms with E-state index in [1.54, 1.807) is 11.8 Å². The summed E-state index contributed by atoms with van der Waals surface area (Å²) < 4.78 is 24.1. The molecule has 1 rings (SSSR count). The molecular formula is C10H21N3O2S2. The number of hydrogen-bond acceptors (Lipinski definition) is 4. The number of rotatable bonds is 6. The molecule has 0 aromatic carbocycles. The highest BCUT2D eigenvalue weighted by molar-refractivity contribution is 8.14. The summed E-state index contributed by atoms with van der Waals surface area (Å²) in [7, 11) is -3.06. The van der Waals surface area contributed by atoms with Crippen molar-refractivity contribution in [3.05, 3.63) is 0 Å². The Balaban J connectivity index is 2.18. The van der Waals surface area contributed by atoms with Crippen LogP contribution in [-0.4, -0.2) is 44.7 Å². The first-order valence-electron chi connectivity index (χ1n) is 5.77. The fourth-order valence-corrected chi connectivity index (χ4v) is 3.12. The molecule has 1 atom stereocenters. The van der Waals surface area contributed by atoms with Gasteiger partial charge in [0.1, 0.15) is 0 Å². The van der Waals surface area contributed by atoms with E-state index in [2.05, 4.69) is 28.9 Å². The quantitative estimate of drug-likeness (QED) is 0.700. The smallest absolute Gasteiger partial charge is 0.208 e. The Morgan fingerprint density at radius 2 is 2.29 bits per heavy atom. The number of nitrogens with one attached hydrogen (secondary N) is 2. The van der Waals surface area contributed by atoms with Crippen LogP contribution in [-0.2, 0) is 10.0 Å². The minimum Gasteiger partial charge on any atom is -0.361 e. The maximum Gasteiger partial charge on any atom is 0.208 e. The van der Waals surface area contributed by atoms with E-state index in [1.807, 2.05) is 0 Å². The summed E-state index contributed by atoms with van der Waals surface area (Å²) in [6, 6.07) is 0.507. The van der Waals surface area contributed by atoms with Crippen molar-refractivity contribution in [1.82, 2.24) is 10.0 Å². The molecule has 1 heterocycles. The van der Waals surface area contributed by atoms with Crippen LogP contribution in [0.15, 0.2) is 4.99 Å². The largest absolute Gasteiger partial charge is 0.361 e. The molecule has 1 unspecified atom stereocenters. The van der Waals surface area contributed by atoms with Gasteiger partial charge in [0.25, 0.3) is 0 Å². The molecule has 0 aliphatic carbocycles. The third-order valence-corrected chi connectivity index (χ3v) is 4.24. The summed E-state index contributed by atoms with van der Waals surface area (Å²) in [4.78, 5) is 4.41. The second kappa shape index (κ2) is 6.61. The predicted molar refractivity (Wildman–Crippen MR) is 74.0 cm³/mol. The molecule has 0 amide bonds. The lowest BCUT2D eigenvalue weighted by atomic mass is 10.1. The van der Waals surface area contributed by atoms with Crippen molar-refractivity contribution in [2.75, 3.05) is 25.1 Å². The van der Waals surface area contributed by atoms with Crippen molar-refractivity contribution < 1.29 is 8.42 Å². The molecule has 0 aromatic heterocycles. The highest BCUT2D eigenvalue weighted by Crippen LogP contribution is 2.18. The summed E-state index contributed by atoms with van der Waals surface area (Å²) in [5.74, 6) is 1.68. The van der Waals surface area contributed by atoms with Crippen LogP contribution in [0.5, 0.6) is 0 Å². The van der Waals surface area contributed by atoms with Gasteiger partial charge in [-0.3, -0.25) is 4.99 Å². The predicted octanol–water partition coefficient (Wildman–Crippen LogP) is 0.643. The van der Waals surface area contributed by atoms with Gasteiger partial charge in [-0.1, -0.05) is 25.6 Å². The van der Waals surface area contributed by atoms with E-state index < -0.39 is 10.0 Å². The molecule has 0 spiro atoms. The second-order valence-corrected chi connectivity index (χ2v) is 7.35. The average Bonchev–Trinajstić information content (AvgIpc) is 2.64. The van der Waals surface area contributed by atoms with Crippen molar-refractivity contribution in [3.8, 4) is 0 Å². The van der Waals surface area contributed by atoms with E-state index in [4.69, 9.17) is 0 Å². The monoisotopic (exact) mass is 279 g/mol. The van der Waals surface area contributed by atoms with Crippen LogP contribution in [0, 0.1) is 5.92 Å². The highest BCUT2D eigenvalue weighted by Gasteiger charge is 2.22. The Hall–Kier alpha value is -0.270. The number of aliphatic imine (C=N–C) groups is 1. The van der Waals surface area contributed by atoms with Crippen LogP contribution in [0.4, 0.5) is 0 Å². The maximum atomic E-state index is 10.8. The molecule has 100 valence electrons. The highest BCUT2D eigenvalue weighted by atomic mass is 32.2. The van der Waals surface area contributed by atoms with Gasteiger partial charge in [-0.15, -0.1) is 0 Å². The first-order valence-corrected chi connectivity index (χ1v) is 8.64. The summed E-state index contributed by atoms with van der Waals surface area (Å²) in [5, 5.41) is 4.36. The molecule has 1 aliphatic rings. The van der Waals surface area contributed by atoms with Crippen molar-refractivity contribution in [3.63, 3.8) is 0 Å². The molecule has 0 bridgehead atoms. The van der Waals surface area contributed by atoms with Crippen LogP contribution in [0.25, 0.3) is 0 Å². The molecule has 2 N–H and O–H groups in total. The number of amidine groups is 1. The van der Waals surface area contributed by atoms with Crippen LogP contribution in [0.1, 0.15) is 20.3 Å². The van der Waals surface area contributed by atoms with E-state index in [0.717, 1.165) is 17.3 Å². The number of sulfonamides is 1. The lowest BCUT2D eigenvalue weighted by molar-refractivity contribution is 0.503. The molecule has 0 aromatic rings. The van der Waals surface area contributed by atoms with Crippen LogP contribution in [0.2, 0.25) is 0 Å². The minimum absolute atomic E-state index is 0.452. The molecule has 17 heavy (non-hydrogen) atoms. The van der Waals surface area contributed by atoms with Gasteiger partial charge >= 0.3 is 0 Å². The lowest BCUT2D eigenvalue weighted by Gasteiger charge is -2.13. The molecule has 1 fully saturated rings. The molecule has 7 heteroatoms. The minimum atomic E-state index is -3.06. The molecular weight excluding hydrogens is 258 g/mol. The second-order valence-electron chi connectivity index (χ2n) is 4.51. The van der Waals surface area contributed by atoms with Crippen LogP contribution < -0.4 is 10.0 Å². The van der Waals surface area contributed by atoms with Crippen molar-refractivity contribution in [2.45, 2.75) is 26.3 Å². The third-order valence-electron chi connectivity index (χ3n) is 2.47. The zero-order valence-electron chi connectivity index (χ0n) is 10.6. The Morgan fingerprint density at radius 1 is 1.59 bits per heavy atom. The third kappa shape index (κ3) is 6.28. The first-order chi connectivity index (χ1) is 7.88.